The number of amides is 1. The maximum atomic E-state index is 12.5. The molecule has 33 heavy (non-hydrogen) atoms. The molecule has 0 unspecified atom stereocenters. The lowest BCUT2D eigenvalue weighted by Crippen LogP contribution is -2.46. The van der Waals surface area contributed by atoms with Crippen molar-refractivity contribution in [1.29, 1.82) is 0 Å². The number of benzene rings is 1. The number of anilines is 1. The van der Waals surface area contributed by atoms with Crippen LogP contribution in [-0.2, 0) is 13.1 Å². The zero-order chi connectivity index (χ0) is 23.5. The third kappa shape index (κ3) is 4.67. The van der Waals surface area contributed by atoms with Gasteiger partial charge in [0.15, 0.2) is 0 Å². The summed E-state index contributed by atoms with van der Waals surface area (Å²) >= 11 is 0. The summed E-state index contributed by atoms with van der Waals surface area (Å²) in [4.78, 5) is 48.2. The first-order chi connectivity index (χ1) is 15.9. The molecule has 1 saturated heterocycles. The lowest BCUT2D eigenvalue weighted by atomic mass is 10.1. The van der Waals surface area contributed by atoms with Gasteiger partial charge in [-0.15, -0.1) is 0 Å². The van der Waals surface area contributed by atoms with Gasteiger partial charge in [-0.1, -0.05) is 6.07 Å². The van der Waals surface area contributed by atoms with Crippen LogP contribution < -0.4 is 21.5 Å². The molecule has 1 aromatic carbocycles. The molecule has 0 spiro atoms. The van der Waals surface area contributed by atoms with Crippen molar-refractivity contribution in [2.24, 2.45) is 0 Å². The number of carbonyl (C=O) groups excluding carboxylic acids is 1. The standard InChI is InChI=1S/C23H28N6O4/c1-15-20(6-5-18(25-15)21(31)24-2)28-9-7-27(8-10-28)14-16-3-4-17-19(13-16)26-23(33)29(11-12-30)22(17)32/h3-6,13,30H,7-12,14H2,1-2H3,(H,24,31)(H,26,33). The lowest BCUT2D eigenvalue weighted by Gasteiger charge is -2.36. The number of carbonyl (C=O) groups is 1. The topological polar surface area (TPSA) is 124 Å². The van der Waals surface area contributed by atoms with Gasteiger partial charge in [-0.3, -0.25) is 19.1 Å². The molecular weight excluding hydrogens is 424 g/mol. The van der Waals surface area contributed by atoms with Crippen LogP contribution in [0.15, 0.2) is 39.9 Å². The fraction of sp³-hybridized carbons (Fsp3) is 0.391. The van der Waals surface area contributed by atoms with Crippen molar-refractivity contribution >= 4 is 22.5 Å². The van der Waals surface area contributed by atoms with Crippen molar-refractivity contribution in [3.8, 4) is 0 Å². The van der Waals surface area contributed by atoms with E-state index in [2.05, 4.69) is 25.1 Å². The monoisotopic (exact) mass is 452 g/mol. The number of hydrogen-bond acceptors (Lipinski definition) is 7. The Morgan fingerprint density at radius 1 is 1.15 bits per heavy atom. The number of pyridine rings is 1. The van der Waals surface area contributed by atoms with E-state index < -0.39 is 11.2 Å². The van der Waals surface area contributed by atoms with E-state index in [0.717, 1.165) is 47.7 Å². The van der Waals surface area contributed by atoms with Gasteiger partial charge in [0.05, 0.1) is 35.4 Å². The van der Waals surface area contributed by atoms with Gasteiger partial charge in [0, 0.05) is 39.8 Å². The zero-order valence-corrected chi connectivity index (χ0v) is 18.8. The highest BCUT2D eigenvalue weighted by Crippen LogP contribution is 2.21. The van der Waals surface area contributed by atoms with Crippen LogP contribution in [0.1, 0.15) is 21.7 Å². The number of aliphatic hydroxyl groups excluding tert-OH is 1. The number of fused-ring (bicyclic) bond motifs is 1. The van der Waals surface area contributed by atoms with Crippen LogP contribution in [0.5, 0.6) is 0 Å². The van der Waals surface area contributed by atoms with Gasteiger partial charge in [0.25, 0.3) is 11.5 Å². The van der Waals surface area contributed by atoms with E-state index in [1.165, 1.54) is 0 Å². The van der Waals surface area contributed by atoms with Gasteiger partial charge in [-0.25, -0.2) is 9.78 Å². The smallest absolute Gasteiger partial charge is 0.328 e. The third-order valence-electron chi connectivity index (χ3n) is 6.01. The average Bonchev–Trinajstić information content (AvgIpc) is 2.81. The molecule has 0 aliphatic carbocycles. The van der Waals surface area contributed by atoms with E-state index in [1.54, 1.807) is 19.2 Å². The van der Waals surface area contributed by atoms with Crippen LogP contribution in [0.25, 0.3) is 10.9 Å². The molecule has 1 aliphatic heterocycles. The molecule has 0 saturated carbocycles. The molecule has 0 atom stereocenters. The number of rotatable bonds is 6. The Balaban J connectivity index is 1.44. The van der Waals surface area contributed by atoms with Gasteiger partial charge in [0.2, 0.25) is 0 Å². The molecule has 0 bridgehead atoms. The number of piperazine rings is 1. The average molecular weight is 453 g/mol. The predicted octanol–water partition coefficient (Wildman–Crippen LogP) is 0.0673. The van der Waals surface area contributed by atoms with Crippen molar-refractivity contribution in [2.45, 2.75) is 20.0 Å². The molecule has 10 nitrogen and oxygen atoms in total. The fourth-order valence-corrected chi connectivity index (χ4v) is 4.25. The molecule has 10 heteroatoms. The molecule has 174 valence electrons. The molecule has 2 aromatic heterocycles. The Bertz CT molecular complexity index is 1290. The first-order valence-electron chi connectivity index (χ1n) is 10.9. The highest BCUT2D eigenvalue weighted by Gasteiger charge is 2.20. The summed E-state index contributed by atoms with van der Waals surface area (Å²) in [5.41, 5.74) is 2.88. The first-order valence-corrected chi connectivity index (χ1v) is 10.9. The summed E-state index contributed by atoms with van der Waals surface area (Å²) in [6.07, 6.45) is 0. The Kier molecular flexibility index (Phi) is 6.57. The van der Waals surface area contributed by atoms with Gasteiger partial charge >= 0.3 is 5.69 Å². The number of hydrogen-bond donors (Lipinski definition) is 3. The van der Waals surface area contributed by atoms with Crippen LogP contribution in [-0.4, -0.2) is 70.3 Å². The normalized spacial score (nSPS) is 14.6. The number of nitrogens with one attached hydrogen (secondary N) is 2. The summed E-state index contributed by atoms with van der Waals surface area (Å²) in [7, 11) is 1.59. The number of aromatic nitrogens is 3. The lowest BCUT2D eigenvalue weighted by molar-refractivity contribution is 0.0958. The maximum absolute atomic E-state index is 12.5. The van der Waals surface area contributed by atoms with Crippen molar-refractivity contribution in [1.82, 2.24) is 24.8 Å². The van der Waals surface area contributed by atoms with Crippen molar-refractivity contribution in [3.63, 3.8) is 0 Å². The van der Waals surface area contributed by atoms with Crippen molar-refractivity contribution in [2.75, 3.05) is 44.7 Å². The molecular formula is C23H28N6O4. The molecule has 1 fully saturated rings. The minimum absolute atomic E-state index is 0.0281. The summed E-state index contributed by atoms with van der Waals surface area (Å²) < 4.78 is 1.01. The van der Waals surface area contributed by atoms with E-state index >= 15 is 0 Å². The third-order valence-corrected chi connectivity index (χ3v) is 6.01. The minimum atomic E-state index is -0.515. The first kappa shape index (κ1) is 22.7. The number of H-pyrrole nitrogens is 1. The molecule has 1 aliphatic rings. The highest BCUT2D eigenvalue weighted by molar-refractivity contribution is 5.92. The fourth-order valence-electron chi connectivity index (χ4n) is 4.25. The van der Waals surface area contributed by atoms with Crippen LogP contribution in [0.4, 0.5) is 5.69 Å². The molecule has 3 heterocycles. The van der Waals surface area contributed by atoms with Crippen molar-refractivity contribution in [3.05, 3.63) is 68.1 Å². The Morgan fingerprint density at radius 2 is 1.91 bits per heavy atom. The molecule has 3 aromatic rings. The molecule has 0 radical (unpaired) electrons. The van der Waals surface area contributed by atoms with Gasteiger partial charge < -0.3 is 20.3 Å². The number of aryl methyl sites for hydroxylation is 1. The highest BCUT2D eigenvalue weighted by atomic mass is 16.3. The van der Waals surface area contributed by atoms with Crippen LogP contribution >= 0.6 is 0 Å². The number of nitrogens with zero attached hydrogens (tertiary/aromatic N) is 4. The quantitative estimate of drug-likeness (QED) is 0.483. The van der Waals surface area contributed by atoms with Crippen molar-refractivity contribution < 1.29 is 9.90 Å². The van der Waals surface area contributed by atoms with E-state index in [1.807, 2.05) is 25.1 Å². The second-order valence-electron chi connectivity index (χ2n) is 8.13. The van der Waals surface area contributed by atoms with Gasteiger partial charge in [0.1, 0.15) is 5.69 Å². The molecule has 3 N–H and O–H groups in total. The summed E-state index contributed by atoms with van der Waals surface area (Å²) in [5, 5.41) is 12.1. The van der Waals surface area contributed by atoms with Gasteiger partial charge in [-0.05, 0) is 36.8 Å². The Hall–Kier alpha value is -3.50. The largest absolute Gasteiger partial charge is 0.395 e. The van der Waals surface area contributed by atoms with E-state index in [-0.39, 0.29) is 19.1 Å². The second-order valence-corrected chi connectivity index (χ2v) is 8.13. The summed E-state index contributed by atoms with van der Waals surface area (Å²) in [6, 6.07) is 9.18. The second kappa shape index (κ2) is 9.55. The Labute approximate surface area is 190 Å². The zero-order valence-electron chi connectivity index (χ0n) is 18.8. The maximum Gasteiger partial charge on any atom is 0.328 e. The summed E-state index contributed by atoms with van der Waals surface area (Å²) in [6.45, 7) is 5.69. The van der Waals surface area contributed by atoms with Crippen LogP contribution in [0, 0.1) is 6.92 Å². The number of aliphatic hydroxyl groups is 1. The number of aromatic amines is 1. The Morgan fingerprint density at radius 3 is 2.58 bits per heavy atom. The van der Waals surface area contributed by atoms with Gasteiger partial charge in [-0.2, -0.15) is 0 Å². The minimum Gasteiger partial charge on any atom is -0.395 e. The summed E-state index contributed by atoms with van der Waals surface area (Å²) in [5.74, 6) is -0.196. The van der Waals surface area contributed by atoms with E-state index in [9.17, 15) is 14.4 Å². The molecule has 1 amide bonds. The van der Waals surface area contributed by atoms with E-state index in [0.29, 0.717) is 23.1 Å². The predicted molar refractivity (Wildman–Crippen MR) is 126 cm³/mol. The van der Waals surface area contributed by atoms with Crippen LogP contribution in [0.2, 0.25) is 0 Å². The van der Waals surface area contributed by atoms with Crippen LogP contribution in [0.3, 0.4) is 0 Å². The van der Waals surface area contributed by atoms with E-state index in [4.69, 9.17) is 5.11 Å². The molecule has 4 rings (SSSR count). The SMILES string of the molecule is CNC(=O)c1ccc(N2CCN(Cc3ccc4c(=O)n(CCO)c(=O)[nH]c4c3)CC2)c(C)n1.